The maximum Gasteiger partial charge on any atom is 0.155 e. The van der Waals surface area contributed by atoms with Gasteiger partial charge in [0.25, 0.3) is 0 Å². The number of rotatable bonds is 3. The zero-order valence-corrected chi connectivity index (χ0v) is 7.40. The molecule has 0 aliphatic heterocycles. The fourth-order valence-corrected chi connectivity index (χ4v) is 0.814. The highest BCUT2D eigenvalue weighted by Crippen LogP contribution is 2.19. The third-order valence-electron chi connectivity index (χ3n) is 1.41. The molecule has 0 aromatic carbocycles. The van der Waals surface area contributed by atoms with Gasteiger partial charge in [-0.05, 0) is 6.92 Å². The summed E-state index contributed by atoms with van der Waals surface area (Å²) in [7, 11) is 0. The first-order chi connectivity index (χ1) is 4.41. The summed E-state index contributed by atoms with van der Waals surface area (Å²) in [6.45, 7) is 5.27. The molecule has 0 aliphatic rings. The number of nitrogens with two attached hydrogens (primary N) is 1. The van der Waals surface area contributed by atoms with E-state index in [1.807, 2.05) is 0 Å². The zero-order chi connectivity index (χ0) is 8.36. The van der Waals surface area contributed by atoms with Gasteiger partial charge in [0.1, 0.15) is 0 Å². The maximum absolute atomic E-state index is 11.2. The van der Waals surface area contributed by atoms with Crippen LogP contribution in [-0.4, -0.2) is 17.7 Å². The topological polar surface area (TPSA) is 43.1 Å². The van der Waals surface area contributed by atoms with E-state index in [-0.39, 0.29) is 5.78 Å². The number of carbonyl (C=O) groups is 1. The lowest BCUT2D eigenvalue weighted by Crippen LogP contribution is -2.39. The van der Waals surface area contributed by atoms with Crippen LogP contribution in [0.5, 0.6) is 0 Å². The zero-order valence-electron chi connectivity index (χ0n) is 6.65. The molecule has 0 heterocycles. The molecule has 0 bridgehead atoms. The van der Waals surface area contributed by atoms with Gasteiger partial charge in [-0.25, -0.2) is 0 Å². The maximum atomic E-state index is 11.2. The Hall–Kier alpha value is -0.0800. The van der Waals surface area contributed by atoms with E-state index < -0.39 is 11.5 Å². The second kappa shape index (κ2) is 3.35. The number of ketones is 1. The third kappa shape index (κ3) is 2.27. The second-order valence-electron chi connectivity index (χ2n) is 3.17. The van der Waals surface area contributed by atoms with Crippen LogP contribution in [0.25, 0.3) is 0 Å². The second-order valence-corrected chi connectivity index (χ2v) is 3.44. The number of alkyl halides is 1. The van der Waals surface area contributed by atoms with E-state index in [0.29, 0.717) is 5.88 Å². The van der Waals surface area contributed by atoms with Crippen molar-refractivity contribution >= 4 is 17.4 Å². The summed E-state index contributed by atoms with van der Waals surface area (Å²) in [5.74, 6) is 0.343. The van der Waals surface area contributed by atoms with Crippen molar-refractivity contribution in [2.24, 2.45) is 11.1 Å². The summed E-state index contributed by atoms with van der Waals surface area (Å²) in [6.07, 6.45) is 0. The predicted molar refractivity (Wildman–Crippen MR) is 43.2 cm³/mol. The van der Waals surface area contributed by atoms with Crippen LogP contribution < -0.4 is 5.73 Å². The molecule has 2 N–H and O–H groups in total. The molecule has 10 heavy (non-hydrogen) atoms. The SMILES string of the molecule is CC(N)C(=O)C(C)(C)CCl. The molecule has 0 aromatic rings. The Labute approximate surface area is 66.7 Å². The first-order valence-corrected chi connectivity index (χ1v) is 3.81. The van der Waals surface area contributed by atoms with Crippen LogP contribution in [0.1, 0.15) is 20.8 Å². The van der Waals surface area contributed by atoms with Gasteiger partial charge in [0.2, 0.25) is 0 Å². The van der Waals surface area contributed by atoms with Crippen LogP contribution in [0.2, 0.25) is 0 Å². The van der Waals surface area contributed by atoms with Crippen LogP contribution in [0.3, 0.4) is 0 Å². The fourth-order valence-electron chi connectivity index (χ4n) is 0.682. The Bertz CT molecular complexity index is 132. The molecule has 1 atom stereocenters. The summed E-state index contributed by atoms with van der Waals surface area (Å²) < 4.78 is 0. The first-order valence-electron chi connectivity index (χ1n) is 3.27. The molecule has 0 fully saturated rings. The lowest BCUT2D eigenvalue weighted by molar-refractivity contribution is -0.127. The lowest BCUT2D eigenvalue weighted by Gasteiger charge is -2.21. The highest BCUT2D eigenvalue weighted by Gasteiger charge is 2.28. The molecular weight excluding hydrogens is 150 g/mol. The molecule has 60 valence electrons. The Morgan fingerprint density at radius 2 is 2.10 bits per heavy atom. The summed E-state index contributed by atoms with van der Waals surface area (Å²) in [4.78, 5) is 11.2. The summed E-state index contributed by atoms with van der Waals surface area (Å²) in [5.41, 5.74) is 4.91. The van der Waals surface area contributed by atoms with Crippen molar-refractivity contribution in [3.05, 3.63) is 0 Å². The van der Waals surface area contributed by atoms with Crippen molar-refractivity contribution in [1.82, 2.24) is 0 Å². The van der Waals surface area contributed by atoms with E-state index in [4.69, 9.17) is 17.3 Å². The molecule has 0 radical (unpaired) electrons. The quantitative estimate of drug-likeness (QED) is 0.635. The van der Waals surface area contributed by atoms with E-state index >= 15 is 0 Å². The minimum absolute atomic E-state index is 0.0162. The van der Waals surface area contributed by atoms with E-state index in [9.17, 15) is 4.79 Å². The van der Waals surface area contributed by atoms with Crippen LogP contribution in [0, 0.1) is 5.41 Å². The van der Waals surface area contributed by atoms with Gasteiger partial charge in [0.15, 0.2) is 5.78 Å². The largest absolute Gasteiger partial charge is 0.322 e. The molecule has 0 saturated heterocycles. The van der Waals surface area contributed by atoms with Gasteiger partial charge in [-0.3, -0.25) is 4.79 Å². The number of hydrogen-bond acceptors (Lipinski definition) is 2. The summed E-state index contributed by atoms with van der Waals surface area (Å²) in [5, 5.41) is 0. The van der Waals surface area contributed by atoms with Crippen molar-refractivity contribution in [1.29, 1.82) is 0 Å². The van der Waals surface area contributed by atoms with E-state index in [1.165, 1.54) is 0 Å². The summed E-state index contributed by atoms with van der Waals surface area (Å²) >= 11 is 5.56. The normalized spacial score (nSPS) is 14.9. The minimum Gasteiger partial charge on any atom is -0.322 e. The van der Waals surface area contributed by atoms with E-state index in [2.05, 4.69) is 0 Å². The van der Waals surface area contributed by atoms with Gasteiger partial charge < -0.3 is 5.73 Å². The Morgan fingerprint density at radius 3 is 2.20 bits per heavy atom. The average Bonchev–Trinajstić information content (AvgIpc) is 1.86. The lowest BCUT2D eigenvalue weighted by atomic mass is 9.87. The van der Waals surface area contributed by atoms with Crippen molar-refractivity contribution in [3.8, 4) is 0 Å². The molecule has 2 nitrogen and oxygen atoms in total. The number of hydrogen-bond donors (Lipinski definition) is 1. The molecule has 0 rings (SSSR count). The van der Waals surface area contributed by atoms with Crippen LogP contribution in [-0.2, 0) is 4.79 Å². The minimum atomic E-state index is -0.476. The smallest absolute Gasteiger partial charge is 0.155 e. The van der Waals surface area contributed by atoms with Crippen LogP contribution in [0.15, 0.2) is 0 Å². The molecular formula is C7H14ClNO. The van der Waals surface area contributed by atoms with Gasteiger partial charge in [-0.15, -0.1) is 11.6 Å². The van der Waals surface area contributed by atoms with Crippen molar-refractivity contribution in [2.75, 3.05) is 5.88 Å². The van der Waals surface area contributed by atoms with Crippen molar-refractivity contribution in [2.45, 2.75) is 26.8 Å². The highest BCUT2D eigenvalue weighted by atomic mass is 35.5. The first kappa shape index (κ1) is 9.92. The van der Waals surface area contributed by atoms with Gasteiger partial charge >= 0.3 is 0 Å². The number of carbonyl (C=O) groups excluding carboxylic acids is 1. The predicted octanol–water partition coefficient (Wildman–Crippen LogP) is 1.17. The van der Waals surface area contributed by atoms with Crippen molar-refractivity contribution < 1.29 is 4.79 Å². The average molecular weight is 164 g/mol. The molecule has 1 unspecified atom stereocenters. The monoisotopic (exact) mass is 163 g/mol. The van der Waals surface area contributed by atoms with E-state index in [1.54, 1.807) is 20.8 Å². The molecule has 0 amide bonds. The molecule has 3 heteroatoms. The molecule has 0 aromatic heterocycles. The third-order valence-corrected chi connectivity index (χ3v) is 2.08. The van der Waals surface area contributed by atoms with E-state index in [0.717, 1.165) is 0 Å². The number of halogens is 1. The Morgan fingerprint density at radius 1 is 1.70 bits per heavy atom. The molecule has 0 saturated carbocycles. The summed E-state index contributed by atoms with van der Waals surface area (Å²) in [6, 6.07) is -0.409. The number of Topliss-reactive ketones (excluding diaryl/α,β-unsaturated/α-hetero) is 1. The molecule has 0 aliphatic carbocycles. The van der Waals surface area contributed by atoms with Gasteiger partial charge in [-0.2, -0.15) is 0 Å². The van der Waals surface area contributed by atoms with Gasteiger partial charge in [0, 0.05) is 11.3 Å². The van der Waals surface area contributed by atoms with Crippen LogP contribution in [0.4, 0.5) is 0 Å². The Kier molecular flexibility index (Phi) is 3.33. The fraction of sp³-hybridized carbons (Fsp3) is 0.857. The standard InChI is InChI=1S/C7H14ClNO/c1-5(9)6(10)7(2,3)4-8/h5H,4,9H2,1-3H3. The van der Waals surface area contributed by atoms with Crippen LogP contribution >= 0.6 is 11.6 Å². The highest BCUT2D eigenvalue weighted by molar-refractivity contribution is 6.20. The Balaban J connectivity index is 4.19. The van der Waals surface area contributed by atoms with Crippen molar-refractivity contribution in [3.63, 3.8) is 0 Å². The van der Waals surface area contributed by atoms with Gasteiger partial charge in [-0.1, -0.05) is 13.8 Å². The van der Waals surface area contributed by atoms with Gasteiger partial charge in [0.05, 0.1) is 6.04 Å². The molecule has 0 spiro atoms.